The van der Waals surface area contributed by atoms with Crippen LogP contribution in [0.4, 0.5) is 5.69 Å². The topological polar surface area (TPSA) is 66.2 Å². The minimum atomic E-state index is -1.37. The van der Waals surface area contributed by atoms with E-state index in [-0.39, 0.29) is 20.6 Å². The average Bonchev–Trinajstić information content (AvgIpc) is 2.02. The predicted octanol–water partition coefficient (Wildman–Crippen LogP) is 2.64. The Morgan fingerprint density at radius 1 is 1.36 bits per heavy atom. The molecular weight excluding hydrogens is 249 g/mol. The summed E-state index contributed by atoms with van der Waals surface area (Å²) in [6.07, 6.45) is 1.39. The highest BCUT2D eigenvalue weighted by Gasteiger charge is 2.20. The molecule has 0 aliphatic rings. The minimum absolute atomic E-state index is 0.0609. The van der Waals surface area contributed by atoms with Gasteiger partial charge in [0, 0.05) is 0 Å². The molecule has 0 heterocycles. The lowest BCUT2D eigenvalue weighted by molar-refractivity contribution is -0.384. The highest BCUT2D eigenvalue weighted by Crippen LogP contribution is 2.32. The first-order valence-corrected chi connectivity index (χ1v) is 5.71. The van der Waals surface area contributed by atoms with E-state index in [9.17, 15) is 14.7 Å². The Bertz CT molecular complexity index is 383. The van der Waals surface area contributed by atoms with Crippen molar-refractivity contribution in [3.63, 3.8) is 0 Å². The van der Waals surface area contributed by atoms with Crippen LogP contribution < -0.4 is 0 Å². The van der Waals surface area contributed by atoms with Gasteiger partial charge in [0.2, 0.25) is 0 Å². The quantitative estimate of drug-likeness (QED) is 0.463. The average molecular weight is 254 g/mol. The fourth-order valence-electron chi connectivity index (χ4n) is 0.879. The summed E-state index contributed by atoms with van der Waals surface area (Å²) in [4.78, 5) is 10.1. The molecule has 0 spiro atoms. The third-order valence-electron chi connectivity index (χ3n) is 1.51. The van der Waals surface area contributed by atoms with Gasteiger partial charge >= 0.3 is 0 Å². The molecule has 0 aliphatic carbocycles. The van der Waals surface area contributed by atoms with Gasteiger partial charge in [-0.15, -0.1) is 0 Å². The van der Waals surface area contributed by atoms with Crippen LogP contribution >= 0.6 is 23.2 Å². The molecule has 1 aromatic carbocycles. The summed E-state index contributed by atoms with van der Waals surface area (Å²) in [6, 6.07) is 2.35. The van der Waals surface area contributed by atoms with E-state index < -0.39 is 16.1 Å². The highest BCUT2D eigenvalue weighted by molar-refractivity contribution is 7.90. The third kappa shape index (κ3) is 2.30. The first-order valence-electron chi connectivity index (χ1n) is 3.40. The Morgan fingerprint density at radius 3 is 2.36 bits per heavy atom. The van der Waals surface area contributed by atoms with Crippen LogP contribution in [0.25, 0.3) is 0 Å². The van der Waals surface area contributed by atoms with Gasteiger partial charge < -0.3 is 4.55 Å². The van der Waals surface area contributed by atoms with Gasteiger partial charge in [-0.25, -0.2) is 0 Å². The molecule has 0 saturated heterocycles. The summed E-state index contributed by atoms with van der Waals surface area (Å²) in [5, 5.41) is 10.6. The maximum Gasteiger partial charge on any atom is 0.293 e. The lowest BCUT2D eigenvalue weighted by atomic mass is 10.3. The van der Waals surface area contributed by atoms with E-state index in [4.69, 9.17) is 23.2 Å². The number of benzene rings is 1. The van der Waals surface area contributed by atoms with Crippen molar-refractivity contribution in [3.8, 4) is 0 Å². The molecule has 7 heteroatoms. The number of nitro benzene ring substituents is 1. The third-order valence-corrected chi connectivity index (χ3v) is 3.19. The second-order valence-electron chi connectivity index (χ2n) is 2.45. The van der Waals surface area contributed by atoms with E-state index in [2.05, 4.69) is 0 Å². The highest BCUT2D eigenvalue weighted by atomic mass is 35.5. The summed E-state index contributed by atoms with van der Waals surface area (Å²) in [6.45, 7) is 0. The van der Waals surface area contributed by atoms with Crippen LogP contribution in [-0.4, -0.2) is 15.7 Å². The molecule has 1 atom stereocenters. The molecule has 4 nitrogen and oxygen atoms in total. The largest absolute Gasteiger partial charge is 0.612 e. The van der Waals surface area contributed by atoms with Gasteiger partial charge in [-0.3, -0.25) is 10.1 Å². The maximum atomic E-state index is 11.1. The molecule has 0 aromatic heterocycles. The molecule has 76 valence electrons. The van der Waals surface area contributed by atoms with Crippen molar-refractivity contribution in [1.82, 2.24) is 0 Å². The van der Waals surface area contributed by atoms with E-state index >= 15 is 0 Å². The molecule has 0 radical (unpaired) electrons. The number of hydrogen-bond donors (Lipinski definition) is 0. The fourth-order valence-corrected chi connectivity index (χ4v) is 2.27. The normalized spacial score (nSPS) is 12.6. The Labute approximate surface area is 93.2 Å². The van der Waals surface area contributed by atoms with E-state index in [1.165, 1.54) is 12.3 Å². The fraction of sp³-hybridized carbons (Fsp3) is 0.143. The number of rotatable bonds is 2. The molecule has 14 heavy (non-hydrogen) atoms. The van der Waals surface area contributed by atoms with Crippen molar-refractivity contribution in [1.29, 1.82) is 0 Å². The Balaban J connectivity index is 3.34. The summed E-state index contributed by atoms with van der Waals surface area (Å²) in [5.41, 5.74) is -0.290. The van der Waals surface area contributed by atoms with Crippen molar-refractivity contribution in [2.45, 2.75) is 4.90 Å². The van der Waals surface area contributed by atoms with Crippen molar-refractivity contribution >= 4 is 40.1 Å². The van der Waals surface area contributed by atoms with Crippen LogP contribution in [-0.2, 0) is 11.2 Å². The van der Waals surface area contributed by atoms with Crippen molar-refractivity contribution in [2.24, 2.45) is 0 Å². The summed E-state index contributed by atoms with van der Waals surface area (Å²) >= 11 is 9.91. The van der Waals surface area contributed by atoms with Gasteiger partial charge in [0.25, 0.3) is 5.69 Å². The molecule has 0 bridgehead atoms. The molecule has 1 aromatic rings. The van der Waals surface area contributed by atoms with E-state index in [1.807, 2.05) is 0 Å². The molecule has 1 unspecified atom stereocenters. The maximum absolute atomic E-state index is 11.1. The SMILES string of the molecule is C[S+]([O-])c1cc([N+](=O)[O-])c(Cl)cc1Cl. The van der Waals surface area contributed by atoms with Gasteiger partial charge in [0.15, 0.2) is 4.90 Å². The number of hydrogen-bond acceptors (Lipinski definition) is 3. The van der Waals surface area contributed by atoms with Crippen molar-refractivity contribution in [2.75, 3.05) is 6.26 Å². The molecule has 0 amide bonds. The van der Waals surface area contributed by atoms with Crippen LogP contribution in [0, 0.1) is 10.1 Å². The van der Waals surface area contributed by atoms with Crippen LogP contribution in [0.3, 0.4) is 0 Å². The molecule has 1 rings (SSSR count). The molecule has 0 fully saturated rings. The number of nitro groups is 1. The number of nitrogens with zero attached hydrogens (tertiary/aromatic N) is 1. The lowest BCUT2D eigenvalue weighted by Crippen LogP contribution is -2.00. The van der Waals surface area contributed by atoms with E-state index in [0.717, 1.165) is 6.07 Å². The lowest BCUT2D eigenvalue weighted by Gasteiger charge is -2.06. The van der Waals surface area contributed by atoms with E-state index in [0.29, 0.717) is 0 Å². The van der Waals surface area contributed by atoms with E-state index in [1.54, 1.807) is 0 Å². The van der Waals surface area contributed by atoms with Gasteiger partial charge in [-0.05, 0) is 17.2 Å². The summed E-state index contributed by atoms with van der Waals surface area (Å²) in [5.74, 6) is 0. The standard InChI is InChI=1S/C7H5Cl2NO3S/c1-14(13)7-3-6(10(11)12)4(8)2-5(7)9/h2-3H,1H3. The minimum Gasteiger partial charge on any atom is -0.612 e. The molecule has 0 saturated carbocycles. The van der Waals surface area contributed by atoms with Gasteiger partial charge in [-0.2, -0.15) is 0 Å². The Morgan fingerprint density at radius 2 is 1.93 bits per heavy atom. The summed E-state index contributed by atoms with van der Waals surface area (Å²) < 4.78 is 11.1. The zero-order valence-corrected chi connectivity index (χ0v) is 9.32. The molecule has 0 N–H and O–H groups in total. The number of halogens is 2. The monoisotopic (exact) mass is 253 g/mol. The predicted molar refractivity (Wildman–Crippen MR) is 55.4 cm³/mol. The second-order valence-corrected chi connectivity index (χ2v) is 4.61. The van der Waals surface area contributed by atoms with Crippen LogP contribution in [0.2, 0.25) is 10.0 Å². The van der Waals surface area contributed by atoms with Crippen LogP contribution in [0.1, 0.15) is 0 Å². The Kier molecular flexibility index (Phi) is 3.60. The summed E-state index contributed by atoms with van der Waals surface area (Å²) in [7, 11) is 0. The Hall–Kier alpha value is -0.490. The zero-order chi connectivity index (χ0) is 10.9. The van der Waals surface area contributed by atoms with Crippen molar-refractivity contribution < 1.29 is 9.48 Å². The first kappa shape index (κ1) is 11.6. The zero-order valence-electron chi connectivity index (χ0n) is 6.99. The van der Waals surface area contributed by atoms with Crippen LogP contribution in [0.5, 0.6) is 0 Å². The van der Waals surface area contributed by atoms with Gasteiger partial charge in [-0.1, -0.05) is 23.2 Å². The smallest absolute Gasteiger partial charge is 0.293 e. The van der Waals surface area contributed by atoms with Crippen LogP contribution in [0.15, 0.2) is 17.0 Å². The second kappa shape index (κ2) is 4.35. The van der Waals surface area contributed by atoms with Crippen molar-refractivity contribution in [3.05, 3.63) is 32.3 Å². The molecule has 0 aliphatic heterocycles. The molecular formula is C7H5Cl2NO3S. The first-order chi connectivity index (χ1) is 6.43. The van der Waals surface area contributed by atoms with Gasteiger partial charge in [0.1, 0.15) is 11.3 Å². The van der Waals surface area contributed by atoms with Gasteiger partial charge in [0.05, 0.1) is 16.0 Å².